The molecule has 0 aliphatic heterocycles. The van der Waals surface area contributed by atoms with Gasteiger partial charge in [-0.2, -0.15) is 0 Å². The van der Waals surface area contributed by atoms with Crippen molar-refractivity contribution in [3.05, 3.63) is 48.3 Å². The zero-order valence-electron chi connectivity index (χ0n) is 15.3. The summed E-state index contributed by atoms with van der Waals surface area (Å²) < 4.78 is 18.7. The molecule has 0 unspecified atom stereocenters. The predicted molar refractivity (Wildman–Crippen MR) is 102 cm³/mol. The number of nitrogens with two attached hydrogens (primary N) is 1. The van der Waals surface area contributed by atoms with Crippen LogP contribution in [-0.4, -0.2) is 30.4 Å². The monoisotopic (exact) mass is 355 g/mol. The number of ether oxygens (including phenoxy) is 3. The molecule has 3 rings (SSSR count). The van der Waals surface area contributed by atoms with Crippen molar-refractivity contribution >= 4 is 11.0 Å². The van der Waals surface area contributed by atoms with E-state index in [4.69, 9.17) is 19.9 Å². The number of fused-ring (bicyclic) bond motifs is 1. The van der Waals surface area contributed by atoms with Gasteiger partial charge in [0.05, 0.1) is 38.4 Å². The fraction of sp³-hybridized carbons (Fsp3) is 0.350. The third-order valence-corrected chi connectivity index (χ3v) is 4.30. The topological polar surface area (TPSA) is 71.5 Å². The molecule has 3 aromatic rings. The lowest BCUT2D eigenvalue weighted by Crippen LogP contribution is -2.09. The number of aromatic nitrogens is 2. The van der Waals surface area contributed by atoms with Crippen LogP contribution < -0.4 is 19.9 Å². The molecular weight excluding hydrogens is 330 g/mol. The molecule has 138 valence electrons. The summed E-state index contributed by atoms with van der Waals surface area (Å²) in [7, 11) is 3.26. The molecule has 2 N–H and O–H groups in total. The Balaban J connectivity index is 1.68. The van der Waals surface area contributed by atoms with Crippen molar-refractivity contribution in [2.75, 3.05) is 20.8 Å². The van der Waals surface area contributed by atoms with Crippen LogP contribution in [0, 0.1) is 0 Å². The molecular formula is C20H25N3O3. The number of hydrogen-bond acceptors (Lipinski definition) is 5. The van der Waals surface area contributed by atoms with Crippen LogP contribution >= 0.6 is 0 Å². The van der Waals surface area contributed by atoms with Crippen molar-refractivity contribution < 1.29 is 14.2 Å². The van der Waals surface area contributed by atoms with Crippen molar-refractivity contribution in [2.45, 2.75) is 25.9 Å². The standard InChI is InChI=1S/C20H25N3O3/c1-24-18-12-16-17(13-19(18)25-2)23(20(14-21)22-16)10-6-7-11-26-15-8-4-3-5-9-15/h3-5,8-9,12-13H,6-7,10-11,14,21H2,1-2H3. The molecule has 0 saturated heterocycles. The first-order chi connectivity index (χ1) is 12.8. The predicted octanol–water partition coefficient (Wildman–Crippen LogP) is 3.37. The molecule has 0 amide bonds. The molecule has 0 aliphatic carbocycles. The molecule has 0 atom stereocenters. The van der Waals surface area contributed by atoms with Gasteiger partial charge >= 0.3 is 0 Å². The highest BCUT2D eigenvalue weighted by atomic mass is 16.5. The first kappa shape index (κ1) is 18.1. The van der Waals surface area contributed by atoms with E-state index in [-0.39, 0.29) is 0 Å². The van der Waals surface area contributed by atoms with Gasteiger partial charge in [0, 0.05) is 18.7 Å². The van der Waals surface area contributed by atoms with Gasteiger partial charge in [0.1, 0.15) is 11.6 Å². The molecule has 0 fully saturated rings. The Morgan fingerprint density at radius 3 is 2.42 bits per heavy atom. The summed E-state index contributed by atoms with van der Waals surface area (Å²) in [5.41, 5.74) is 7.76. The Labute approximate surface area is 153 Å². The van der Waals surface area contributed by atoms with E-state index in [1.807, 2.05) is 42.5 Å². The fourth-order valence-electron chi connectivity index (χ4n) is 2.99. The summed E-state index contributed by atoms with van der Waals surface area (Å²) in [5.74, 6) is 3.13. The van der Waals surface area contributed by atoms with E-state index in [1.165, 1.54) is 0 Å². The van der Waals surface area contributed by atoms with E-state index in [2.05, 4.69) is 9.55 Å². The van der Waals surface area contributed by atoms with E-state index in [1.54, 1.807) is 14.2 Å². The second-order valence-corrected chi connectivity index (χ2v) is 5.95. The number of benzene rings is 2. The van der Waals surface area contributed by atoms with Crippen LogP contribution in [0.1, 0.15) is 18.7 Å². The molecule has 0 aliphatic rings. The second kappa shape index (κ2) is 8.58. The highest BCUT2D eigenvalue weighted by Gasteiger charge is 2.14. The van der Waals surface area contributed by atoms with E-state index < -0.39 is 0 Å². The lowest BCUT2D eigenvalue weighted by molar-refractivity contribution is 0.303. The van der Waals surface area contributed by atoms with Crippen LogP contribution in [0.15, 0.2) is 42.5 Å². The average Bonchev–Trinajstić information content (AvgIpc) is 3.04. The van der Waals surface area contributed by atoms with Gasteiger partial charge in [0.2, 0.25) is 0 Å². The molecule has 0 radical (unpaired) electrons. The largest absolute Gasteiger partial charge is 0.494 e. The Morgan fingerprint density at radius 2 is 1.73 bits per heavy atom. The number of imidazole rings is 1. The van der Waals surface area contributed by atoms with Crippen molar-refractivity contribution in [1.29, 1.82) is 0 Å². The van der Waals surface area contributed by atoms with Gasteiger partial charge in [0.15, 0.2) is 11.5 Å². The third kappa shape index (κ3) is 3.91. The molecule has 0 saturated carbocycles. The van der Waals surface area contributed by atoms with Gasteiger partial charge in [-0.15, -0.1) is 0 Å². The van der Waals surface area contributed by atoms with Crippen LogP contribution in [0.3, 0.4) is 0 Å². The first-order valence-corrected chi connectivity index (χ1v) is 8.76. The minimum absolute atomic E-state index is 0.389. The molecule has 0 spiro atoms. The fourth-order valence-corrected chi connectivity index (χ4v) is 2.99. The second-order valence-electron chi connectivity index (χ2n) is 5.95. The van der Waals surface area contributed by atoms with E-state index in [0.29, 0.717) is 24.7 Å². The number of methoxy groups -OCH3 is 2. The van der Waals surface area contributed by atoms with Crippen LogP contribution in [0.5, 0.6) is 17.2 Å². The maximum atomic E-state index is 5.89. The molecule has 2 aromatic carbocycles. The minimum Gasteiger partial charge on any atom is -0.494 e. The van der Waals surface area contributed by atoms with Gasteiger partial charge in [-0.3, -0.25) is 0 Å². The minimum atomic E-state index is 0.389. The number of hydrogen-bond donors (Lipinski definition) is 1. The highest BCUT2D eigenvalue weighted by molar-refractivity contribution is 5.80. The van der Waals surface area contributed by atoms with Crippen molar-refractivity contribution in [2.24, 2.45) is 5.73 Å². The van der Waals surface area contributed by atoms with Crippen molar-refractivity contribution in [1.82, 2.24) is 9.55 Å². The van der Waals surface area contributed by atoms with E-state index in [9.17, 15) is 0 Å². The van der Waals surface area contributed by atoms with Crippen LogP contribution in [-0.2, 0) is 13.1 Å². The lowest BCUT2D eigenvalue weighted by atomic mass is 10.2. The van der Waals surface area contributed by atoms with Gasteiger partial charge in [-0.05, 0) is 25.0 Å². The van der Waals surface area contributed by atoms with E-state index >= 15 is 0 Å². The first-order valence-electron chi connectivity index (χ1n) is 8.76. The maximum absolute atomic E-state index is 5.89. The summed E-state index contributed by atoms with van der Waals surface area (Å²) in [6.45, 7) is 1.90. The zero-order valence-corrected chi connectivity index (χ0v) is 15.3. The molecule has 1 aromatic heterocycles. The van der Waals surface area contributed by atoms with Gasteiger partial charge < -0.3 is 24.5 Å². The third-order valence-electron chi connectivity index (χ3n) is 4.30. The number of unbranched alkanes of at least 4 members (excludes halogenated alkanes) is 1. The van der Waals surface area contributed by atoms with Crippen LogP contribution in [0.2, 0.25) is 0 Å². The van der Waals surface area contributed by atoms with Crippen molar-refractivity contribution in [3.63, 3.8) is 0 Å². The van der Waals surface area contributed by atoms with Gasteiger partial charge in [-0.1, -0.05) is 18.2 Å². The normalized spacial score (nSPS) is 10.9. The zero-order chi connectivity index (χ0) is 18.4. The summed E-state index contributed by atoms with van der Waals surface area (Å²) in [4.78, 5) is 4.63. The summed E-state index contributed by atoms with van der Waals surface area (Å²) in [6, 6.07) is 13.7. The van der Waals surface area contributed by atoms with E-state index in [0.717, 1.165) is 42.0 Å². The van der Waals surface area contributed by atoms with Gasteiger partial charge in [-0.25, -0.2) is 4.98 Å². The van der Waals surface area contributed by atoms with Crippen LogP contribution in [0.25, 0.3) is 11.0 Å². The summed E-state index contributed by atoms with van der Waals surface area (Å²) >= 11 is 0. The summed E-state index contributed by atoms with van der Waals surface area (Å²) in [6.07, 6.45) is 1.92. The number of rotatable bonds is 9. The molecule has 6 nitrogen and oxygen atoms in total. The van der Waals surface area contributed by atoms with Crippen LogP contribution in [0.4, 0.5) is 0 Å². The Bertz CT molecular complexity index is 846. The number of aryl methyl sites for hydroxylation is 1. The molecule has 6 heteroatoms. The number of nitrogens with zero attached hydrogens (tertiary/aromatic N) is 2. The summed E-state index contributed by atoms with van der Waals surface area (Å²) in [5, 5.41) is 0. The maximum Gasteiger partial charge on any atom is 0.163 e. The smallest absolute Gasteiger partial charge is 0.163 e. The van der Waals surface area contributed by atoms with Gasteiger partial charge in [0.25, 0.3) is 0 Å². The molecule has 1 heterocycles. The Morgan fingerprint density at radius 1 is 1.00 bits per heavy atom. The Kier molecular flexibility index (Phi) is 5.96. The average molecular weight is 355 g/mol. The quantitative estimate of drug-likeness (QED) is 0.596. The lowest BCUT2D eigenvalue weighted by Gasteiger charge is -2.11. The Hall–Kier alpha value is -2.73. The number of para-hydroxylation sites is 1. The SMILES string of the molecule is COc1cc2nc(CN)n(CCCCOc3ccccc3)c2cc1OC. The highest BCUT2D eigenvalue weighted by Crippen LogP contribution is 2.32. The molecule has 0 bridgehead atoms. The molecule has 26 heavy (non-hydrogen) atoms. The van der Waals surface area contributed by atoms with Crippen molar-refractivity contribution in [3.8, 4) is 17.2 Å².